The lowest BCUT2D eigenvalue weighted by atomic mass is 10.0. The van der Waals surface area contributed by atoms with Crippen molar-refractivity contribution in [2.75, 3.05) is 20.1 Å². The van der Waals surface area contributed by atoms with Crippen molar-refractivity contribution in [1.82, 2.24) is 19.6 Å². The van der Waals surface area contributed by atoms with Gasteiger partial charge in [0.05, 0.1) is 11.3 Å². The number of fused-ring (bicyclic) bond motifs is 1. The topological polar surface area (TPSA) is 49.6 Å². The molecule has 140 valence electrons. The molecule has 1 amide bonds. The van der Waals surface area contributed by atoms with E-state index in [4.69, 9.17) is 0 Å². The number of benzene rings is 1. The molecule has 2 aromatic heterocycles. The van der Waals surface area contributed by atoms with Crippen LogP contribution in [0.1, 0.15) is 28.9 Å². The summed E-state index contributed by atoms with van der Waals surface area (Å²) in [6.45, 7) is 1.61. The summed E-state index contributed by atoms with van der Waals surface area (Å²) >= 11 is 1.68. The SMILES string of the molecule is CNC1CCCN(C(=O)c2ccccc2SCc2cn3ccccc3n2)C1. The number of pyridine rings is 1. The number of likely N-dealkylation sites (tertiary alicyclic amines) is 1. The number of rotatable bonds is 5. The number of hydrogen-bond acceptors (Lipinski definition) is 4. The molecule has 1 unspecified atom stereocenters. The molecule has 3 heterocycles. The van der Waals surface area contributed by atoms with E-state index in [9.17, 15) is 4.79 Å². The molecule has 1 aliphatic rings. The van der Waals surface area contributed by atoms with Gasteiger partial charge in [-0.25, -0.2) is 4.98 Å². The molecule has 0 aliphatic carbocycles. The number of aromatic nitrogens is 2. The van der Waals surface area contributed by atoms with E-state index in [1.807, 2.05) is 65.0 Å². The molecule has 1 aliphatic heterocycles. The first-order chi connectivity index (χ1) is 13.2. The summed E-state index contributed by atoms with van der Waals surface area (Å²) in [6.07, 6.45) is 6.23. The molecule has 0 bridgehead atoms. The maximum atomic E-state index is 13.1. The van der Waals surface area contributed by atoms with E-state index in [1.165, 1.54) is 0 Å². The van der Waals surface area contributed by atoms with Gasteiger partial charge in [-0.1, -0.05) is 18.2 Å². The van der Waals surface area contributed by atoms with Gasteiger partial charge < -0.3 is 14.6 Å². The predicted molar refractivity (Wildman–Crippen MR) is 109 cm³/mol. The van der Waals surface area contributed by atoms with Gasteiger partial charge in [0.2, 0.25) is 0 Å². The molecule has 0 radical (unpaired) electrons. The molecular formula is C21H24N4OS. The first-order valence-corrected chi connectivity index (χ1v) is 10.3. The highest BCUT2D eigenvalue weighted by atomic mass is 32.2. The third kappa shape index (κ3) is 4.01. The van der Waals surface area contributed by atoms with Crippen LogP contribution in [0.3, 0.4) is 0 Å². The quantitative estimate of drug-likeness (QED) is 0.689. The monoisotopic (exact) mass is 380 g/mol. The van der Waals surface area contributed by atoms with Crippen LogP contribution in [-0.4, -0.2) is 46.4 Å². The predicted octanol–water partition coefficient (Wildman–Crippen LogP) is 3.45. The summed E-state index contributed by atoms with van der Waals surface area (Å²) in [5, 5.41) is 3.30. The Labute approximate surface area is 163 Å². The third-order valence-electron chi connectivity index (χ3n) is 5.02. The minimum atomic E-state index is 0.132. The Morgan fingerprint density at radius 3 is 2.96 bits per heavy atom. The van der Waals surface area contributed by atoms with Gasteiger partial charge in [0, 0.05) is 42.2 Å². The third-order valence-corrected chi connectivity index (χ3v) is 6.13. The van der Waals surface area contributed by atoms with E-state index in [0.717, 1.165) is 53.5 Å². The fraction of sp³-hybridized carbons (Fsp3) is 0.333. The molecule has 3 aromatic rings. The van der Waals surface area contributed by atoms with E-state index in [1.54, 1.807) is 11.8 Å². The average molecular weight is 381 g/mol. The highest BCUT2D eigenvalue weighted by molar-refractivity contribution is 7.98. The zero-order valence-electron chi connectivity index (χ0n) is 15.5. The average Bonchev–Trinajstić information content (AvgIpc) is 3.15. The molecule has 1 fully saturated rings. The van der Waals surface area contributed by atoms with Crippen LogP contribution in [0.5, 0.6) is 0 Å². The maximum absolute atomic E-state index is 13.1. The van der Waals surface area contributed by atoms with E-state index in [2.05, 4.69) is 16.5 Å². The largest absolute Gasteiger partial charge is 0.337 e. The van der Waals surface area contributed by atoms with Crippen LogP contribution in [0.2, 0.25) is 0 Å². The van der Waals surface area contributed by atoms with Crippen molar-refractivity contribution in [2.45, 2.75) is 29.5 Å². The van der Waals surface area contributed by atoms with Crippen molar-refractivity contribution < 1.29 is 4.79 Å². The number of carbonyl (C=O) groups excluding carboxylic acids is 1. The van der Waals surface area contributed by atoms with Crippen LogP contribution >= 0.6 is 11.8 Å². The molecule has 0 spiro atoms. The van der Waals surface area contributed by atoms with Crippen molar-refractivity contribution in [2.24, 2.45) is 0 Å². The Morgan fingerprint density at radius 2 is 2.11 bits per heavy atom. The second-order valence-electron chi connectivity index (χ2n) is 6.86. The van der Waals surface area contributed by atoms with Crippen molar-refractivity contribution in [3.8, 4) is 0 Å². The molecule has 4 rings (SSSR count). The first-order valence-electron chi connectivity index (χ1n) is 9.35. The van der Waals surface area contributed by atoms with Gasteiger partial charge in [-0.05, 0) is 44.2 Å². The second-order valence-corrected chi connectivity index (χ2v) is 7.88. The lowest BCUT2D eigenvalue weighted by Gasteiger charge is -2.33. The lowest BCUT2D eigenvalue weighted by molar-refractivity contribution is 0.0694. The minimum absolute atomic E-state index is 0.132. The van der Waals surface area contributed by atoms with Gasteiger partial charge >= 0.3 is 0 Å². The van der Waals surface area contributed by atoms with Crippen LogP contribution in [0.15, 0.2) is 59.8 Å². The second kappa shape index (κ2) is 8.15. The Morgan fingerprint density at radius 1 is 1.26 bits per heavy atom. The molecular weight excluding hydrogens is 356 g/mol. The molecule has 1 N–H and O–H groups in total. The number of nitrogens with one attached hydrogen (secondary N) is 1. The highest BCUT2D eigenvalue weighted by Gasteiger charge is 2.25. The molecule has 0 saturated carbocycles. The number of nitrogens with zero attached hydrogens (tertiary/aromatic N) is 3. The van der Waals surface area contributed by atoms with E-state index >= 15 is 0 Å². The van der Waals surface area contributed by atoms with Gasteiger partial charge in [-0.2, -0.15) is 0 Å². The minimum Gasteiger partial charge on any atom is -0.337 e. The Balaban J connectivity index is 1.49. The number of amides is 1. The smallest absolute Gasteiger partial charge is 0.255 e. The number of likely N-dealkylation sites (N-methyl/N-ethyl adjacent to an activating group) is 1. The maximum Gasteiger partial charge on any atom is 0.255 e. The van der Waals surface area contributed by atoms with Crippen LogP contribution < -0.4 is 5.32 Å². The number of thioether (sulfide) groups is 1. The van der Waals surface area contributed by atoms with E-state index in [0.29, 0.717) is 6.04 Å². The number of carbonyl (C=O) groups is 1. The van der Waals surface area contributed by atoms with Gasteiger partial charge in [-0.15, -0.1) is 11.8 Å². The Hall–Kier alpha value is -2.31. The van der Waals surface area contributed by atoms with Gasteiger partial charge in [0.15, 0.2) is 0 Å². The molecule has 6 heteroatoms. The van der Waals surface area contributed by atoms with Crippen molar-refractivity contribution in [1.29, 1.82) is 0 Å². The summed E-state index contributed by atoms with van der Waals surface area (Å²) in [5.41, 5.74) is 2.76. The zero-order chi connectivity index (χ0) is 18.6. The molecule has 5 nitrogen and oxygen atoms in total. The molecule has 1 saturated heterocycles. The molecule has 27 heavy (non-hydrogen) atoms. The van der Waals surface area contributed by atoms with Crippen LogP contribution in [0.25, 0.3) is 5.65 Å². The molecule has 1 aromatic carbocycles. The summed E-state index contributed by atoms with van der Waals surface area (Å²) in [5.74, 6) is 0.874. The lowest BCUT2D eigenvalue weighted by Crippen LogP contribution is -2.47. The zero-order valence-corrected chi connectivity index (χ0v) is 16.3. The fourth-order valence-electron chi connectivity index (χ4n) is 3.55. The van der Waals surface area contributed by atoms with Gasteiger partial charge in [0.1, 0.15) is 5.65 Å². The standard InChI is InChI=1S/C21H24N4OS/c1-22-16-7-6-12-25(13-16)21(26)18-8-2-3-9-19(18)27-15-17-14-24-11-5-4-10-20(24)23-17/h2-5,8-11,14,16,22H,6-7,12-13,15H2,1H3. The van der Waals surface area contributed by atoms with Gasteiger partial charge in [-0.3, -0.25) is 4.79 Å². The molecule has 1 atom stereocenters. The summed E-state index contributed by atoms with van der Waals surface area (Å²) in [7, 11) is 1.97. The summed E-state index contributed by atoms with van der Waals surface area (Å²) in [6, 6.07) is 14.3. The fourth-order valence-corrected chi connectivity index (χ4v) is 4.47. The highest BCUT2D eigenvalue weighted by Crippen LogP contribution is 2.28. The number of piperidine rings is 1. The van der Waals surface area contributed by atoms with E-state index < -0.39 is 0 Å². The van der Waals surface area contributed by atoms with Crippen LogP contribution in [-0.2, 0) is 5.75 Å². The van der Waals surface area contributed by atoms with Crippen molar-refractivity contribution in [3.63, 3.8) is 0 Å². The number of hydrogen-bond donors (Lipinski definition) is 1. The van der Waals surface area contributed by atoms with Gasteiger partial charge in [0.25, 0.3) is 5.91 Å². The first kappa shape index (κ1) is 18.1. The van der Waals surface area contributed by atoms with E-state index in [-0.39, 0.29) is 5.91 Å². The number of imidazole rings is 1. The van der Waals surface area contributed by atoms with Crippen molar-refractivity contribution in [3.05, 3.63) is 66.1 Å². The van der Waals surface area contributed by atoms with Crippen molar-refractivity contribution >= 4 is 23.3 Å². The summed E-state index contributed by atoms with van der Waals surface area (Å²) in [4.78, 5) is 20.8. The van der Waals surface area contributed by atoms with Crippen LogP contribution in [0.4, 0.5) is 0 Å². The Kier molecular flexibility index (Phi) is 5.45. The Bertz CT molecular complexity index is 906. The summed E-state index contributed by atoms with van der Waals surface area (Å²) < 4.78 is 2.03. The normalized spacial score (nSPS) is 17.4. The van der Waals surface area contributed by atoms with Crippen LogP contribution in [0, 0.1) is 0 Å².